The van der Waals surface area contributed by atoms with Gasteiger partial charge in [0, 0.05) is 0 Å². The zero-order chi connectivity index (χ0) is 12.5. The molecule has 0 saturated heterocycles. The van der Waals surface area contributed by atoms with Gasteiger partial charge in [0.2, 0.25) is 0 Å². The Balaban J connectivity index is 2.05. The summed E-state index contributed by atoms with van der Waals surface area (Å²) in [5, 5.41) is 0. The third-order valence-electron chi connectivity index (χ3n) is 3.09. The van der Waals surface area contributed by atoms with Crippen molar-refractivity contribution >= 4 is 5.97 Å². The molecule has 0 aromatic heterocycles. The van der Waals surface area contributed by atoms with Crippen molar-refractivity contribution in [1.82, 2.24) is 0 Å². The van der Waals surface area contributed by atoms with E-state index in [0.29, 0.717) is 0 Å². The van der Waals surface area contributed by atoms with Crippen LogP contribution in [0.2, 0.25) is 0 Å². The lowest BCUT2D eigenvalue weighted by Gasteiger charge is -2.27. The molecule has 92 valence electrons. The van der Waals surface area contributed by atoms with E-state index in [9.17, 15) is 4.79 Å². The highest BCUT2D eigenvalue weighted by molar-refractivity contribution is 5.73. The Hall–Kier alpha value is -1.31. The summed E-state index contributed by atoms with van der Waals surface area (Å²) < 4.78 is 5.45. The van der Waals surface area contributed by atoms with Gasteiger partial charge in [-0.2, -0.15) is 0 Å². The number of hydrogen-bond donors (Lipinski definition) is 0. The van der Waals surface area contributed by atoms with E-state index in [4.69, 9.17) is 4.74 Å². The smallest absolute Gasteiger partial charge is 0.309 e. The molecule has 1 atom stereocenters. The Labute approximate surface area is 103 Å². The van der Waals surface area contributed by atoms with E-state index in [2.05, 4.69) is 18.2 Å². The van der Waals surface area contributed by atoms with Crippen molar-refractivity contribution in [3.63, 3.8) is 0 Å². The molecule has 0 spiro atoms. The highest BCUT2D eigenvalue weighted by Gasteiger charge is 2.28. The van der Waals surface area contributed by atoms with Crippen molar-refractivity contribution in [2.45, 2.75) is 45.6 Å². The number of carbonyl (C=O) groups is 1. The molecule has 0 aliphatic heterocycles. The van der Waals surface area contributed by atoms with Gasteiger partial charge in [-0.05, 0) is 51.2 Å². The molecule has 1 unspecified atom stereocenters. The Bertz CT molecular complexity index is 415. The molecule has 0 N–H and O–H groups in total. The first-order valence-electron chi connectivity index (χ1n) is 6.25. The summed E-state index contributed by atoms with van der Waals surface area (Å²) >= 11 is 0. The minimum Gasteiger partial charge on any atom is -0.460 e. The third-order valence-corrected chi connectivity index (χ3v) is 3.09. The Morgan fingerprint density at radius 1 is 1.24 bits per heavy atom. The van der Waals surface area contributed by atoms with E-state index < -0.39 is 0 Å². The van der Waals surface area contributed by atoms with Crippen LogP contribution in [0.3, 0.4) is 0 Å². The lowest BCUT2D eigenvalue weighted by molar-refractivity contribution is -0.160. The quantitative estimate of drug-likeness (QED) is 0.695. The summed E-state index contributed by atoms with van der Waals surface area (Å²) in [6, 6.07) is 8.37. The normalized spacial score (nSPS) is 19.6. The van der Waals surface area contributed by atoms with Crippen LogP contribution in [0, 0.1) is 5.92 Å². The average molecular weight is 232 g/mol. The lowest BCUT2D eigenvalue weighted by Crippen LogP contribution is -2.31. The largest absolute Gasteiger partial charge is 0.460 e. The van der Waals surface area contributed by atoms with Gasteiger partial charge in [-0.1, -0.05) is 24.3 Å². The van der Waals surface area contributed by atoms with Gasteiger partial charge in [-0.15, -0.1) is 0 Å². The highest BCUT2D eigenvalue weighted by Crippen LogP contribution is 2.27. The van der Waals surface area contributed by atoms with Gasteiger partial charge in [0.25, 0.3) is 0 Å². The molecule has 2 rings (SSSR count). The van der Waals surface area contributed by atoms with Crippen LogP contribution in [0.25, 0.3) is 0 Å². The van der Waals surface area contributed by atoms with Gasteiger partial charge < -0.3 is 4.74 Å². The van der Waals surface area contributed by atoms with Gasteiger partial charge in [0.05, 0.1) is 5.92 Å². The first kappa shape index (κ1) is 12.2. The predicted molar refractivity (Wildman–Crippen MR) is 67.8 cm³/mol. The van der Waals surface area contributed by atoms with Gasteiger partial charge in [0.15, 0.2) is 0 Å². The summed E-state index contributed by atoms with van der Waals surface area (Å²) in [6.07, 6.45) is 2.72. The molecule has 0 bridgehead atoms. The fourth-order valence-corrected chi connectivity index (χ4v) is 2.28. The maximum absolute atomic E-state index is 12.0. The molecule has 0 radical (unpaired) electrons. The van der Waals surface area contributed by atoms with Crippen LogP contribution in [-0.4, -0.2) is 11.6 Å². The van der Waals surface area contributed by atoms with E-state index in [-0.39, 0.29) is 17.5 Å². The van der Waals surface area contributed by atoms with E-state index in [0.717, 1.165) is 19.3 Å². The van der Waals surface area contributed by atoms with Crippen molar-refractivity contribution in [2.75, 3.05) is 0 Å². The second kappa shape index (κ2) is 4.52. The average Bonchev–Trinajstić information content (AvgIpc) is 2.26. The van der Waals surface area contributed by atoms with Gasteiger partial charge in [-0.25, -0.2) is 0 Å². The summed E-state index contributed by atoms with van der Waals surface area (Å²) in [7, 11) is 0. The number of hydrogen-bond acceptors (Lipinski definition) is 2. The fourth-order valence-electron chi connectivity index (χ4n) is 2.28. The van der Waals surface area contributed by atoms with Crippen LogP contribution < -0.4 is 0 Å². The molecule has 0 saturated carbocycles. The molecular formula is C15H20O2. The molecule has 2 heteroatoms. The minimum atomic E-state index is -0.381. The van der Waals surface area contributed by atoms with Crippen LogP contribution >= 0.6 is 0 Å². The molecule has 1 aliphatic carbocycles. The van der Waals surface area contributed by atoms with Crippen molar-refractivity contribution in [2.24, 2.45) is 5.92 Å². The highest BCUT2D eigenvalue weighted by atomic mass is 16.6. The summed E-state index contributed by atoms with van der Waals surface area (Å²) in [5.74, 6) is -0.0175. The fraction of sp³-hybridized carbons (Fsp3) is 0.533. The van der Waals surface area contributed by atoms with E-state index in [1.54, 1.807) is 0 Å². The first-order chi connectivity index (χ1) is 7.96. The topological polar surface area (TPSA) is 26.3 Å². The third kappa shape index (κ3) is 3.09. The van der Waals surface area contributed by atoms with E-state index in [1.165, 1.54) is 11.1 Å². The Kier molecular flexibility index (Phi) is 3.23. The first-order valence-corrected chi connectivity index (χ1v) is 6.25. The van der Waals surface area contributed by atoms with E-state index >= 15 is 0 Å². The number of esters is 1. The van der Waals surface area contributed by atoms with Gasteiger partial charge in [0.1, 0.15) is 5.60 Å². The van der Waals surface area contributed by atoms with Crippen molar-refractivity contribution in [3.8, 4) is 0 Å². The molecule has 1 aromatic rings. The summed E-state index contributed by atoms with van der Waals surface area (Å²) in [6.45, 7) is 5.75. The zero-order valence-corrected chi connectivity index (χ0v) is 10.8. The maximum Gasteiger partial charge on any atom is 0.309 e. The van der Waals surface area contributed by atoms with Crippen LogP contribution in [-0.2, 0) is 22.4 Å². The number of benzene rings is 1. The molecular weight excluding hydrogens is 212 g/mol. The molecule has 0 heterocycles. The number of fused-ring (bicyclic) bond motifs is 1. The number of ether oxygens (including phenoxy) is 1. The number of carbonyl (C=O) groups excluding carboxylic acids is 1. The second-order valence-corrected chi connectivity index (χ2v) is 5.74. The Morgan fingerprint density at radius 2 is 1.88 bits per heavy atom. The number of rotatable bonds is 1. The molecule has 1 aliphatic rings. The van der Waals surface area contributed by atoms with Crippen molar-refractivity contribution < 1.29 is 9.53 Å². The molecule has 0 amide bonds. The zero-order valence-electron chi connectivity index (χ0n) is 10.8. The van der Waals surface area contributed by atoms with E-state index in [1.807, 2.05) is 26.8 Å². The maximum atomic E-state index is 12.0. The molecule has 17 heavy (non-hydrogen) atoms. The van der Waals surface area contributed by atoms with Gasteiger partial charge >= 0.3 is 5.97 Å². The summed E-state index contributed by atoms with van der Waals surface area (Å²) in [5.41, 5.74) is 2.30. The second-order valence-electron chi connectivity index (χ2n) is 5.74. The number of aryl methyl sites for hydroxylation is 1. The van der Waals surface area contributed by atoms with Crippen LogP contribution in [0.5, 0.6) is 0 Å². The van der Waals surface area contributed by atoms with Crippen molar-refractivity contribution in [3.05, 3.63) is 35.4 Å². The van der Waals surface area contributed by atoms with Crippen LogP contribution in [0.4, 0.5) is 0 Å². The monoisotopic (exact) mass is 232 g/mol. The van der Waals surface area contributed by atoms with Crippen molar-refractivity contribution in [1.29, 1.82) is 0 Å². The van der Waals surface area contributed by atoms with Gasteiger partial charge in [-0.3, -0.25) is 4.79 Å². The SMILES string of the molecule is CC(C)(C)OC(=O)C1CCc2ccccc2C1. The Morgan fingerprint density at radius 3 is 2.53 bits per heavy atom. The van der Waals surface area contributed by atoms with Crippen LogP contribution in [0.15, 0.2) is 24.3 Å². The standard InChI is InChI=1S/C15H20O2/c1-15(2,3)17-14(16)13-9-8-11-6-4-5-7-12(11)10-13/h4-7,13H,8-10H2,1-3H3. The van der Waals surface area contributed by atoms with Crippen LogP contribution in [0.1, 0.15) is 38.3 Å². The molecule has 0 fully saturated rings. The molecule has 1 aromatic carbocycles. The predicted octanol–water partition coefficient (Wildman–Crippen LogP) is 3.13. The molecule has 2 nitrogen and oxygen atoms in total. The minimum absolute atomic E-state index is 0.0316. The lowest BCUT2D eigenvalue weighted by atomic mass is 9.84. The summed E-state index contributed by atoms with van der Waals surface area (Å²) in [4.78, 5) is 12.0.